The Labute approximate surface area is 128 Å². The van der Waals surface area contributed by atoms with E-state index >= 15 is 0 Å². The molecule has 0 bridgehead atoms. The Morgan fingerprint density at radius 2 is 1.90 bits per heavy atom. The van der Waals surface area contributed by atoms with Crippen LogP contribution in [0.1, 0.15) is 17.2 Å². The summed E-state index contributed by atoms with van der Waals surface area (Å²) in [5.74, 6) is -0.485. The van der Waals surface area contributed by atoms with Crippen molar-refractivity contribution >= 4 is 15.9 Å². The van der Waals surface area contributed by atoms with Crippen molar-refractivity contribution < 1.29 is 23.0 Å². The predicted molar refractivity (Wildman–Crippen MR) is 75.8 cm³/mol. The molecule has 0 saturated carbocycles. The van der Waals surface area contributed by atoms with Crippen LogP contribution in [0.3, 0.4) is 0 Å². The normalized spacial score (nSPS) is 12.5. The van der Waals surface area contributed by atoms with Gasteiger partial charge in [0.25, 0.3) is 0 Å². The van der Waals surface area contributed by atoms with Crippen LogP contribution in [0.25, 0.3) is 0 Å². The molecule has 0 saturated heterocycles. The Morgan fingerprint density at radius 1 is 1.14 bits per heavy atom. The van der Waals surface area contributed by atoms with E-state index in [4.69, 9.17) is 0 Å². The maximum Gasteiger partial charge on any atom is 0.387 e. The highest BCUT2D eigenvalue weighted by Gasteiger charge is 2.13. The third-order valence-corrected chi connectivity index (χ3v) is 3.39. The number of hydrogen-bond donors (Lipinski definition) is 1. The number of alkyl halides is 2. The first-order valence-electron chi connectivity index (χ1n) is 6.12. The van der Waals surface area contributed by atoms with Crippen LogP contribution in [-0.2, 0) is 6.42 Å². The van der Waals surface area contributed by atoms with Gasteiger partial charge in [0.1, 0.15) is 11.6 Å². The van der Waals surface area contributed by atoms with E-state index in [2.05, 4.69) is 20.7 Å². The van der Waals surface area contributed by atoms with Gasteiger partial charge < -0.3 is 9.84 Å². The fourth-order valence-electron chi connectivity index (χ4n) is 1.91. The van der Waals surface area contributed by atoms with Crippen molar-refractivity contribution in [1.29, 1.82) is 0 Å². The molecule has 0 aliphatic carbocycles. The molecule has 2 rings (SSSR count). The Hall–Kier alpha value is -1.53. The Bertz CT molecular complexity index is 620. The number of benzene rings is 2. The zero-order valence-corrected chi connectivity index (χ0v) is 12.4. The number of halogens is 4. The predicted octanol–water partition coefficient (Wildman–Crippen LogP) is 4.47. The van der Waals surface area contributed by atoms with Gasteiger partial charge in [-0.2, -0.15) is 8.78 Å². The molecule has 0 aliphatic rings. The average Bonchev–Trinajstić information content (AvgIpc) is 2.41. The van der Waals surface area contributed by atoms with E-state index in [-0.39, 0.29) is 12.2 Å². The van der Waals surface area contributed by atoms with Crippen LogP contribution in [0.2, 0.25) is 0 Å². The van der Waals surface area contributed by atoms with Crippen molar-refractivity contribution in [3.8, 4) is 5.75 Å². The Balaban J connectivity index is 2.14. The Morgan fingerprint density at radius 3 is 2.57 bits per heavy atom. The SMILES string of the molecule is OC(Cc1ccc(Br)cc1F)c1cccc(OC(F)F)c1. The first kappa shape index (κ1) is 15.9. The quantitative estimate of drug-likeness (QED) is 0.852. The molecular weight excluding hydrogens is 349 g/mol. The Kier molecular flexibility index (Phi) is 5.25. The zero-order valence-electron chi connectivity index (χ0n) is 10.8. The van der Waals surface area contributed by atoms with E-state index in [1.165, 1.54) is 24.3 Å². The van der Waals surface area contributed by atoms with Gasteiger partial charge in [-0.1, -0.05) is 34.1 Å². The van der Waals surface area contributed by atoms with Crippen molar-refractivity contribution in [2.75, 3.05) is 0 Å². The highest BCUT2D eigenvalue weighted by atomic mass is 79.9. The summed E-state index contributed by atoms with van der Waals surface area (Å²) in [7, 11) is 0. The van der Waals surface area contributed by atoms with Crippen molar-refractivity contribution in [2.24, 2.45) is 0 Å². The van der Waals surface area contributed by atoms with Crippen LogP contribution in [0.15, 0.2) is 46.9 Å². The highest BCUT2D eigenvalue weighted by Crippen LogP contribution is 2.25. The lowest BCUT2D eigenvalue weighted by molar-refractivity contribution is -0.0499. The van der Waals surface area contributed by atoms with E-state index in [1.807, 2.05) is 0 Å². The molecule has 0 heterocycles. The minimum atomic E-state index is -2.93. The third-order valence-electron chi connectivity index (χ3n) is 2.90. The zero-order chi connectivity index (χ0) is 15.4. The van der Waals surface area contributed by atoms with Crippen molar-refractivity contribution in [3.63, 3.8) is 0 Å². The van der Waals surface area contributed by atoms with Gasteiger partial charge in [0.2, 0.25) is 0 Å². The van der Waals surface area contributed by atoms with E-state index in [0.717, 1.165) is 0 Å². The van der Waals surface area contributed by atoms with Gasteiger partial charge in [-0.05, 0) is 35.4 Å². The first-order valence-corrected chi connectivity index (χ1v) is 6.92. The molecule has 0 aromatic heterocycles. The smallest absolute Gasteiger partial charge is 0.387 e. The number of hydrogen-bond acceptors (Lipinski definition) is 2. The maximum absolute atomic E-state index is 13.7. The van der Waals surface area contributed by atoms with Gasteiger partial charge in [-0.3, -0.25) is 0 Å². The standard InChI is InChI=1S/C15H12BrF3O2/c16-11-5-4-9(13(17)8-11)7-14(20)10-2-1-3-12(6-10)21-15(18)19/h1-6,8,14-15,20H,7H2. The summed E-state index contributed by atoms with van der Waals surface area (Å²) < 4.78 is 42.9. The molecule has 0 fully saturated rings. The average molecular weight is 361 g/mol. The van der Waals surface area contributed by atoms with E-state index in [9.17, 15) is 18.3 Å². The number of ether oxygens (including phenoxy) is 1. The number of rotatable bonds is 5. The molecule has 2 aromatic carbocycles. The van der Waals surface area contributed by atoms with Gasteiger partial charge in [0, 0.05) is 10.9 Å². The summed E-state index contributed by atoms with van der Waals surface area (Å²) in [4.78, 5) is 0. The lowest BCUT2D eigenvalue weighted by Crippen LogP contribution is -2.06. The maximum atomic E-state index is 13.7. The van der Waals surface area contributed by atoms with Gasteiger partial charge in [-0.25, -0.2) is 4.39 Å². The summed E-state index contributed by atoms with van der Waals surface area (Å²) in [6, 6.07) is 10.3. The second kappa shape index (κ2) is 6.95. The first-order chi connectivity index (χ1) is 9.95. The van der Waals surface area contributed by atoms with Crippen LogP contribution in [-0.4, -0.2) is 11.7 Å². The van der Waals surface area contributed by atoms with Crippen LogP contribution in [0, 0.1) is 5.82 Å². The molecule has 1 unspecified atom stereocenters. The minimum absolute atomic E-state index is 0.0389. The van der Waals surface area contributed by atoms with Crippen molar-refractivity contribution in [1.82, 2.24) is 0 Å². The minimum Gasteiger partial charge on any atom is -0.435 e. The molecule has 0 spiro atoms. The number of aliphatic hydroxyl groups is 1. The van der Waals surface area contributed by atoms with E-state index in [0.29, 0.717) is 15.6 Å². The molecular formula is C15H12BrF3O2. The third kappa shape index (κ3) is 4.47. The fraction of sp³-hybridized carbons (Fsp3) is 0.200. The summed E-state index contributed by atoms with van der Waals surface area (Å²) in [6.45, 7) is -2.93. The molecule has 1 atom stereocenters. The van der Waals surface area contributed by atoms with Crippen LogP contribution >= 0.6 is 15.9 Å². The lowest BCUT2D eigenvalue weighted by atomic mass is 10.0. The molecule has 2 aromatic rings. The second-order valence-electron chi connectivity index (χ2n) is 4.41. The topological polar surface area (TPSA) is 29.5 Å². The van der Waals surface area contributed by atoms with E-state index in [1.54, 1.807) is 18.2 Å². The molecule has 0 radical (unpaired) electrons. The molecule has 1 N–H and O–H groups in total. The fourth-order valence-corrected chi connectivity index (χ4v) is 2.24. The summed E-state index contributed by atoms with van der Waals surface area (Å²) >= 11 is 3.15. The van der Waals surface area contributed by atoms with Crippen LogP contribution in [0.5, 0.6) is 5.75 Å². The molecule has 112 valence electrons. The van der Waals surface area contributed by atoms with Crippen LogP contribution < -0.4 is 4.74 Å². The second-order valence-corrected chi connectivity index (χ2v) is 5.32. The lowest BCUT2D eigenvalue weighted by Gasteiger charge is -2.13. The van der Waals surface area contributed by atoms with Crippen molar-refractivity contribution in [3.05, 3.63) is 63.9 Å². The van der Waals surface area contributed by atoms with Gasteiger partial charge in [-0.15, -0.1) is 0 Å². The van der Waals surface area contributed by atoms with Crippen LogP contribution in [0.4, 0.5) is 13.2 Å². The molecule has 21 heavy (non-hydrogen) atoms. The molecule has 2 nitrogen and oxygen atoms in total. The summed E-state index contributed by atoms with van der Waals surface area (Å²) in [6.07, 6.45) is -0.973. The van der Waals surface area contributed by atoms with Gasteiger partial charge >= 0.3 is 6.61 Å². The van der Waals surface area contributed by atoms with Crippen molar-refractivity contribution in [2.45, 2.75) is 19.1 Å². The summed E-state index contributed by atoms with van der Waals surface area (Å²) in [5, 5.41) is 10.1. The molecule has 0 amide bonds. The summed E-state index contributed by atoms with van der Waals surface area (Å²) in [5.41, 5.74) is 0.723. The largest absolute Gasteiger partial charge is 0.435 e. The molecule has 0 aliphatic heterocycles. The highest BCUT2D eigenvalue weighted by molar-refractivity contribution is 9.10. The van der Waals surface area contributed by atoms with E-state index < -0.39 is 18.5 Å². The monoisotopic (exact) mass is 360 g/mol. The number of aliphatic hydroxyl groups excluding tert-OH is 1. The van der Waals surface area contributed by atoms with Gasteiger partial charge in [0.15, 0.2) is 0 Å². The molecule has 6 heteroatoms. The van der Waals surface area contributed by atoms with Gasteiger partial charge in [0.05, 0.1) is 6.10 Å².